The molecule has 0 saturated heterocycles. The van der Waals surface area contributed by atoms with E-state index in [-0.39, 0.29) is 0 Å². The van der Waals surface area contributed by atoms with Gasteiger partial charge in [-0.3, -0.25) is 0 Å². The van der Waals surface area contributed by atoms with Gasteiger partial charge >= 0.3 is 0 Å². The Balaban J connectivity index is 2.96. The van der Waals surface area contributed by atoms with Crippen molar-refractivity contribution < 1.29 is 0 Å². The molecule has 0 N–H and O–H groups in total. The predicted octanol–water partition coefficient (Wildman–Crippen LogP) is 4.41. The first-order chi connectivity index (χ1) is 6.65. The lowest BCUT2D eigenvalue weighted by molar-refractivity contribution is 1.26. The van der Waals surface area contributed by atoms with Crippen LogP contribution in [0.15, 0.2) is 18.2 Å². The quantitative estimate of drug-likeness (QED) is 0.700. The summed E-state index contributed by atoms with van der Waals surface area (Å²) in [7, 11) is 0. The molecule has 0 bridgehead atoms. The van der Waals surface area contributed by atoms with Crippen LogP contribution in [0.5, 0.6) is 0 Å². The molecule has 0 heterocycles. The van der Waals surface area contributed by atoms with Gasteiger partial charge < -0.3 is 0 Å². The van der Waals surface area contributed by atoms with Crippen molar-refractivity contribution in [3.63, 3.8) is 0 Å². The molecule has 0 fully saturated rings. The van der Waals surface area contributed by atoms with E-state index in [4.69, 9.17) is 0 Å². The van der Waals surface area contributed by atoms with Crippen molar-refractivity contribution in [2.24, 2.45) is 0 Å². The zero-order valence-electron chi connectivity index (χ0n) is 9.10. The van der Waals surface area contributed by atoms with Crippen molar-refractivity contribution in [2.45, 2.75) is 27.2 Å². The molecule has 0 radical (unpaired) electrons. The molecule has 0 spiro atoms. The van der Waals surface area contributed by atoms with Crippen LogP contribution in [0.2, 0.25) is 0 Å². The summed E-state index contributed by atoms with van der Waals surface area (Å²) in [6.45, 7) is 6.49. The Morgan fingerprint density at radius 3 is 2.21 bits per heavy atom. The Bertz CT molecular complexity index is 314. The van der Waals surface area contributed by atoms with E-state index in [1.54, 1.807) is 0 Å². The Hall–Kier alpha value is -0.560. The molecule has 0 aromatic heterocycles. The van der Waals surface area contributed by atoms with Gasteiger partial charge in [0.15, 0.2) is 0 Å². The van der Waals surface area contributed by atoms with Crippen LogP contribution in [0.25, 0.3) is 6.08 Å². The Labute approximate surface area is 95.2 Å². The number of alkyl halides is 1. The summed E-state index contributed by atoms with van der Waals surface area (Å²) in [6.07, 6.45) is 5.54. The molecule has 0 aliphatic rings. The van der Waals surface area contributed by atoms with E-state index in [0.29, 0.717) is 0 Å². The minimum atomic E-state index is 1.04. The average molecular weight is 253 g/mol. The SMILES string of the molecule is Cc1cc(C)c(C=CCCBr)c(C)c1. The van der Waals surface area contributed by atoms with Crippen molar-refractivity contribution in [1.82, 2.24) is 0 Å². The van der Waals surface area contributed by atoms with E-state index >= 15 is 0 Å². The number of rotatable bonds is 3. The fourth-order valence-corrected chi connectivity index (χ4v) is 1.98. The monoisotopic (exact) mass is 252 g/mol. The summed E-state index contributed by atoms with van der Waals surface area (Å²) in [5.41, 5.74) is 5.45. The van der Waals surface area contributed by atoms with Gasteiger partial charge in [0.25, 0.3) is 0 Å². The second kappa shape index (κ2) is 5.35. The van der Waals surface area contributed by atoms with Crippen molar-refractivity contribution in [1.29, 1.82) is 0 Å². The normalized spacial score (nSPS) is 11.1. The van der Waals surface area contributed by atoms with Gasteiger partial charge in [-0.1, -0.05) is 45.8 Å². The zero-order valence-corrected chi connectivity index (χ0v) is 10.7. The van der Waals surface area contributed by atoms with Crippen LogP contribution >= 0.6 is 15.9 Å². The summed E-state index contributed by atoms with van der Waals surface area (Å²) >= 11 is 3.42. The van der Waals surface area contributed by atoms with E-state index in [0.717, 1.165) is 11.8 Å². The lowest BCUT2D eigenvalue weighted by Crippen LogP contribution is -1.88. The Morgan fingerprint density at radius 1 is 1.14 bits per heavy atom. The molecule has 76 valence electrons. The molecular formula is C13H17Br. The number of benzene rings is 1. The third-order valence-electron chi connectivity index (χ3n) is 2.30. The molecule has 0 saturated carbocycles. The molecule has 0 unspecified atom stereocenters. The largest absolute Gasteiger partial charge is 0.0925 e. The van der Waals surface area contributed by atoms with E-state index in [1.165, 1.54) is 22.3 Å². The number of halogens is 1. The molecule has 1 heteroatoms. The van der Waals surface area contributed by atoms with Gasteiger partial charge in [-0.2, -0.15) is 0 Å². The smallest absolute Gasteiger partial charge is 0.00660 e. The van der Waals surface area contributed by atoms with Gasteiger partial charge in [0.05, 0.1) is 0 Å². The molecule has 0 aliphatic carbocycles. The van der Waals surface area contributed by atoms with Crippen LogP contribution in [0.3, 0.4) is 0 Å². The Morgan fingerprint density at radius 2 is 1.71 bits per heavy atom. The first kappa shape index (κ1) is 11.5. The van der Waals surface area contributed by atoms with Crippen LogP contribution in [0.1, 0.15) is 28.7 Å². The van der Waals surface area contributed by atoms with Crippen LogP contribution in [0.4, 0.5) is 0 Å². The first-order valence-corrected chi connectivity index (χ1v) is 6.07. The fraction of sp³-hybridized carbons (Fsp3) is 0.385. The second-order valence-corrected chi connectivity index (χ2v) is 4.49. The van der Waals surface area contributed by atoms with E-state index in [1.807, 2.05) is 0 Å². The van der Waals surface area contributed by atoms with Crippen molar-refractivity contribution in [3.05, 3.63) is 40.5 Å². The summed E-state index contributed by atoms with van der Waals surface area (Å²) in [4.78, 5) is 0. The first-order valence-electron chi connectivity index (χ1n) is 4.95. The summed E-state index contributed by atoms with van der Waals surface area (Å²) in [6, 6.07) is 4.47. The zero-order chi connectivity index (χ0) is 10.6. The molecule has 0 atom stereocenters. The van der Waals surface area contributed by atoms with Crippen molar-refractivity contribution >= 4 is 22.0 Å². The third kappa shape index (κ3) is 2.98. The van der Waals surface area contributed by atoms with Crippen molar-refractivity contribution in [2.75, 3.05) is 5.33 Å². The van der Waals surface area contributed by atoms with Gasteiger partial charge in [0, 0.05) is 5.33 Å². The maximum atomic E-state index is 3.42. The van der Waals surface area contributed by atoms with Gasteiger partial charge in [0.2, 0.25) is 0 Å². The van der Waals surface area contributed by atoms with E-state index < -0.39 is 0 Å². The van der Waals surface area contributed by atoms with Gasteiger partial charge in [-0.05, 0) is 43.9 Å². The highest BCUT2D eigenvalue weighted by Gasteiger charge is 1.99. The molecule has 1 aromatic rings. The summed E-state index contributed by atoms with van der Waals surface area (Å²) < 4.78 is 0. The number of hydrogen-bond acceptors (Lipinski definition) is 0. The molecule has 1 aromatic carbocycles. The fourth-order valence-electron chi connectivity index (χ4n) is 1.72. The molecule has 0 nitrogen and oxygen atoms in total. The molecule has 0 aliphatic heterocycles. The minimum absolute atomic E-state index is 1.04. The molecule has 14 heavy (non-hydrogen) atoms. The molecule has 1 rings (SSSR count). The maximum Gasteiger partial charge on any atom is 0.00660 e. The van der Waals surface area contributed by atoms with Crippen molar-refractivity contribution in [3.8, 4) is 0 Å². The van der Waals surface area contributed by atoms with Gasteiger partial charge in [0.1, 0.15) is 0 Å². The number of allylic oxidation sites excluding steroid dienone is 1. The van der Waals surface area contributed by atoms with Crippen LogP contribution in [-0.2, 0) is 0 Å². The number of hydrogen-bond donors (Lipinski definition) is 0. The van der Waals surface area contributed by atoms with Crippen LogP contribution in [0, 0.1) is 20.8 Å². The van der Waals surface area contributed by atoms with Crippen LogP contribution in [-0.4, -0.2) is 5.33 Å². The second-order valence-electron chi connectivity index (χ2n) is 3.69. The topological polar surface area (TPSA) is 0 Å². The predicted molar refractivity (Wildman–Crippen MR) is 68.1 cm³/mol. The molecular weight excluding hydrogens is 236 g/mol. The minimum Gasteiger partial charge on any atom is -0.0925 e. The summed E-state index contributed by atoms with van der Waals surface area (Å²) in [5, 5.41) is 1.04. The third-order valence-corrected chi connectivity index (χ3v) is 2.76. The van der Waals surface area contributed by atoms with E-state index in [2.05, 4.69) is 61.0 Å². The van der Waals surface area contributed by atoms with Crippen LogP contribution < -0.4 is 0 Å². The highest BCUT2D eigenvalue weighted by atomic mass is 79.9. The maximum absolute atomic E-state index is 3.42. The molecule has 0 amide bonds. The highest BCUT2D eigenvalue weighted by molar-refractivity contribution is 9.09. The van der Waals surface area contributed by atoms with Gasteiger partial charge in [-0.15, -0.1) is 0 Å². The highest BCUT2D eigenvalue weighted by Crippen LogP contribution is 2.18. The van der Waals surface area contributed by atoms with E-state index in [9.17, 15) is 0 Å². The standard InChI is InChI=1S/C13H17Br/c1-10-8-11(2)13(12(3)9-10)6-4-5-7-14/h4,6,8-9H,5,7H2,1-3H3. The Kier molecular flexibility index (Phi) is 4.40. The average Bonchev–Trinajstić information content (AvgIpc) is 2.09. The van der Waals surface area contributed by atoms with Gasteiger partial charge in [-0.25, -0.2) is 0 Å². The number of aryl methyl sites for hydroxylation is 3. The summed E-state index contributed by atoms with van der Waals surface area (Å²) in [5.74, 6) is 0. The lowest BCUT2D eigenvalue weighted by Gasteiger charge is -2.06. The lowest BCUT2D eigenvalue weighted by atomic mass is 9.99.